The van der Waals surface area contributed by atoms with E-state index in [1.807, 2.05) is 0 Å². The molecule has 0 aromatic heterocycles. The van der Waals surface area contributed by atoms with Gasteiger partial charge in [0.25, 0.3) is 0 Å². The summed E-state index contributed by atoms with van der Waals surface area (Å²) in [5.41, 5.74) is 0.452. The maximum atomic E-state index is 6.32. The van der Waals surface area contributed by atoms with Crippen molar-refractivity contribution >= 4 is 44.9 Å². The molecule has 124 valence electrons. The maximum Gasteiger partial charge on any atom is 0.495 e. The van der Waals surface area contributed by atoms with Crippen molar-refractivity contribution in [3.8, 4) is 0 Å². The van der Waals surface area contributed by atoms with Gasteiger partial charge in [0.1, 0.15) is 0 Å². The molecule has 0 bridgehead atoms. The fourth-order valence-corrected chi connectivity index (χ4v) is 3.93. The van der Waals surface area contributed by atoms with Gasteiger partial charge >= 0.3 is 7.12 Å². The fourth-order valence-electron chi connectivity index (χ4n) is 3.93. The average Bonchev–Trinajstić information content (AvgIpc) is 2.80. The van der Waals surface area contributed by atoms with Gasteiger partial charge in [-0.2, -0.15) is 0 Å². The van der Waals surface area contributed by atoms with E-state index in [1.54, 1.807) is 0 Å². The monoisotopic (exact) mass is 328 g/mol. The molecule has 2 nitrogen and oxygen atoms in total. The topological polar surface area (TPSA) is 18.5 Å². The standard InChI is InChI=1S/C22H21BO2/c1-21(2)22(3,4)25-23(24-21)18-13-11-16-9-8-14-6-5-7-15-10-12-17(18)20(16)19(14)15/h5-13H,1-4H3. The van der Waals surface area contributed by atoms with Crippen molar-refractivity contribution in [2.45, 2.75) is 38.9 Å². The Labute approximate surface area is 148 Å². The lowest BCUT2D eigenvalue weighted by atomic mass is 9.74. The van der Waals surface area contributed by atoms with Crippen LogP contribution in [0.2, 0.25) is 0 Å². The smallest absolute Gasteiger partial charge is 0.399 e. The molecule has 1 fully saturated rings. The van der Waals surface area contributed by atoms with Gasteiger partial charge in [-0.05, 0) is 65.5 Å². The quantitative estimate of drug-likeness (QED) is 0.366. The zero-order chi connectivity index (χ0) is 17.4. The second-order valence-electron chi connectivity index (χ2n) is 8.10. The van der Waals surface area contributed by atoms with E-state index in [1.165, 1.54) is 32.3 Å². The molecule has 4 aromatic carbocycles. The molecule has 3 heteroatoms. The van der Waals surface area contributed by atoms with Crippen LogP contribution in [0.15, 0.2) is 54.6 Å². The first kappa shape index (κ1) is 15.2. The molecule has 0 radical (unpaired) electrons. The largest absolute Gasteiger partial charge is 0.495 e. The van der Waals surface area contributed by atoms with Crippen molar-refractivity contribution in [2.24, 2.45) is 0 Å². The third kappa shape index (κ3) is 2.00. The van der Waals surface area contributed by atoms with Crippen molar-refractivity contribution in [1.29, 1.82) is 0 Å². The van der Waals surface area contributed by atoms with E-state index < -0.39 is 0 Å². The van der Waals surface area contributed by atoms with Gasteiger partial charge in [-0.3, -0.25) is 0 Å². The zero-order valence-corrected chi connectivity index (χ0v) is 15.1. The summed E-state index contributed by atoms with van der Waals surface area (Å²) in [5, 5.41) is 7.68. The van der Waals surface area contributed by atoms with Crippen LogP contribution < -0.4 is 5.46 Å². The van der Waals surface area contributed by atoms with Crippen LogP contribution in [-0.2, 0) is 9.31 Å². The molecule has 5 rings (SSSR count). The lowest BCUT2D eigenvalue weighted by Crippen LogP contribution is -2.41. The van der Waals surface area contributed by atoms with Gasteiger partial charge in [-0.25, -0.2) is 0 Å². The summed E-state index contributed by atoms with van der Waals surface area (Å²) >= 11 is 0. The summed E-state index contributed by atoms with van der Waals surface area (Å²) in [7, 11) is -0.338. The van der Waals surface area contributed by atoms with Crippen LogP contribution in [0.25, 0.3) is 32.3 Å². The van der Waals surface area contributed by atoms with Gasteiger partial charge in [-0.1, -0.05) is 54.6 Å². The lowest BCUT2D eigenvalue weighted by molar-refractivity contribution is 0.00578. The fraction of sp³-hybridized carbons (Fsp3) is 0.273. The van der Waals surface area contributed by atoms with Gasteiger partial charge in [0.2, 0.25) is 0 Å². The molecule has 0 saturated carbocycles. The Hall–Kier alpha value is -2.10. The first-order chi connectivity index (χ1) is 11.9. The van der Waals surface area contributed by atoms with Crippen molar-refractivity contribution < 1.29 is 9.31 Å². The Morgan fingerprint density at radius 1 is 0.640 bits per heavy atom. The molecule has 1 saturated heterocycles. The Morgan fingerprint density at radius 3 is 1.80 bits per heavy atom. The normalized spacial score (nSPS) is 19.4. The molecule has 1 aliphatic rings. The average molecular weight is 328 g/mol. The van der Waals surface area contributed by atoms with E-state index >= 15 is 0 Å². The van der Waals surface area contributed by atoms with Crippen molar-refractivity contribution in [3.63, 3.8) is 0 Å². The summed E-state index contributed by atoms with van der Waals surface area (Å²) in [4.78, 5) is 0. The maximum absolute atomic E-state index is 6.32. The Balaban J connectivity index is 1.81. The van der Waals surface area contributed by atoms with E-state index in [2.05, 4.69) is 82.3 Å². The van der Waals surface area contributed by atoms with Crippen molar-refractivity contribution in [1.82, 2.24) is 0 Å². The molecule has 0 N–H and O–H groups in total. The summed E-state index contributed by atoms with van der Waals surface area (Å²) in [5.74, 6) is 0. The zero-order valence-electron chi connectivity index (χ0n) is 15.1. The molecule has 0 aliphatic carbocycles. The number of hydrogen-bond donors (Lipinski definition) is 0. The number of benzene rings is 4. The number of hydrogen-bond acceptors (Lipinski definition) is 2. The minimum absolute atomic E-state index is 0.332. The van der Waals surface area contributed by atoms with Crippen LogP contribution in [0, 0.1) is 0 Å². The molecule has 0 atom stereocenters. The highest BCUT2D eigenvalue weighted by molar-refractivity contribution is 6.65. The van der Waals surface area contributed by atoms with Crippen LogP contribution in [0.1, 0.15) is 27.7 Å². The SMILES string of the molecule is CC1(C)OB(c2ccc3ccc4cccc5ccc2c3c45)OC1(C)C. The van der Waals surface area contributed by atoms with Gasteiger partial charge in [-0.15, -0.1) is 0 Å². The molecular formula is C22H21BO2. The minimum Gasteiger partial charge on any atom is -0.399 e. The molecule has 0 spiro atoms. The molecule has 25 heavy (non-hydrogen) atoms. The Morgan fingerprint density at radius 2 is 1.16 bits per heavy atom. The second kappa shape index (κ2) is 4.75. The highest BCUT2D eigenvalue weighted by Gasteiger charge is 2.52. The third-order valence-electron chi connectivity index (χ3n) is 6.07. The molecule has 0 amide bonds. The molecule has 1 heterocycles. The number of rotatable bonds is 1. The predicted molar refractivity (Wildman–Crippen MR) is 106 cm³/mol. The van der Waals surface area contributed by atoms with E-state index in [-0.39, 0.29) is 18.3 Å². The van der Waals surface area contributed by atoms with Crippen molar-refractivity contribution in [2.75, 3.05) is 0 Å². The first-order valence-corrected chi connectivity index (χ1v) is 8.89. The predicted octanol–water partition coefficient (Wildman–Crippen LogP) is 4.88. The molecule has 0 unspecified atom stereocenters. The molecule has 1 aliphatic heterocycles. The summed E-state index contributed by atoms with van der Waals surface area (Å²) in [6.45, 7) is 8.40. The van der Waals surface area contributed by atoms with Crippen LogP contribution in [-0.4, -0.2) is 18.3 Å². The molecular weight excluding hydrogens is 307 g/mol. The lowest BCUT2D eigenvalue weighted by Gasteiger charge is -2.32. The van der Waals surface area contributed by atoms with Crippen LogP contribution in [0.3, 0.4) is 0 Å². The Bertz CT molecular complexity index is 1080. The summed E-state index contributed by atoms with van der Waals surface area (Å²) < 4.78 is 12.6. The van der Waals surface area contributed by atoms with Gasteiger partial charge in [0, 0.05) is 0 Å². The van der Waals surface area contributed by atoms with E-state index in [9.17, 15) is 0 Å². The van der Waals surface area contributed by atoms with E-state index in [0.29, 0.717) is 0 Å². The van der Waals surface area contributed by atoms with Gasteiger partial charge in [0.15, 0.2) is 0 Å². The van der Waals surface area contributed by atoms with Crippen LogP contribution in [0.4, 0.5) is 0 Å². The first-order valence-electron chi connectivity index (χ1n) is 8.89. The van der Waals surface area contributed by atoms with Crippen LogP contribution >= 0.6 is 0 Å². The van der Waals surface area contributed by atoms with E-state index in [4.69, 9.17) is 9.31 Å². The van der Waals surface area contributed by atoms with Gasteiger partial charge < -0.3 is 9.31 Å². The third-order valence-corrected chi connectivity index (χ3v) is 6.07. The van der Waals surface area contributed by atoms with Crippen molar-refractivity contribution in [3.05, 3.63) is 54.6 Å². The highest BCUT2D eigenvalue weighted by Crippen LogP contribution is 2.38. The van der Waals surface area contributed by atoms with E-state index in [0.717, 1.165) is 5.46 Å². The molecule has 4 aromatic rings. The summed E-state index contributed by atoms with van der Waals surface area (Å²) in [6.07, 6.45) is 0. The highest BCUT2D eigenvalue weighted by atomic mass is 16.7. The van der Waals surface area contributed by atoms with Crippen LogP contribution in [0.5, 0.6) is 0 Å². The summed E-state index contributed by atoms with van der Waals surface area (Å²) in [6, 6.07) is 19.7. The Kier molecular flexibility index (Phi) is 2.88. The second-order valence-corrected chi connectivity index (χ2v) is 8.10. The minimum atomic E-state index is -0.338. The van der Waals surface area contributed by atoms with Gasteiger partial charge in [0.05, 0.1) is 11.2 Å².